The van der Waals surface area contributed by atoms with Crippen molar-refractivity contribution in [3.05, 3.63) is 77.9 Å². The zero-order valence-electron chi connectivity index (χ0n) is 18.6. The van der Waals surface area contributed by atoms with Crippen LogP contribution in [0.2, 0.25) is 0 Å². The molecule has 1 fully saturated rings. The van der Waals surface area contributed by atoms with Gasteiger partial charge in [0.05, 0.1) is 5.92 Å². The Morgan fingerprint density at radius 3 is 2.41 bits per heavy atom. The van der Waals surface area contributed by atoms with Gasteiger partial charge in [-0.25, -0.2) is 14.4 Å². The Bertz CT molecular complexity index is 1030. The monoisotopic (exact) mass is 432 g/mol. The highest BCUT2D eigenvalue weighted by Gasteiger charge is 2.27. The van der Waals surface area contributed by atoms with Crippen molar-refractivity contribution in [2.24, 2.45) is 5.92 Å². The molecule has 1 aliphatic rings. The molecule has 1 N–H and O–H groups in total. The Morgan fingerprint density at radius 2 is 1.75 bits per heavy atom. The molecule has 4 rings (SSSR count). The van der Waals surface area contributed by atoms with E-state index < -0.39 is 0 Å². The van der Waals surface area contributed by atoms with Crippen LogP contribution in [0.15, 0.2) is 60.9 Å². The highest BCUT2D eigenvalue weighted by Crippen LogP contribution is 2.23. The minimum atomic E-state index is -0.267. The lowest BCUT2D eigenvalue weighted by atomic mass is 9.97. The summed E-state index contributed by atoms with van der Waals surface area (Å²) in [4.78, 5) is 23.9. The van der Waals surface area contributed by atoms with Crippen LogP contribution in [0.25, 0.3) is 11.1 Å². The van der Waals surface area contributed by atoms with Crippen LogP contribution in [-0.4, -0.2) is 29.0 Å². The van der Waals surface area contributed by atoms with E-state index in [0.29, 0.717) is 25.0 Å². The minimum Gasteiger partial charge on any atom is -0.352 e. The standard InChI is InChI=1S/C26H29FN4O/c1-18(2)20-7-5-19(6-8-20)14-28-25(32)22-4-3-13-31(17-22)26-29-15-23(16-30-26)21-9-11-24(27)12-10-21/h5-12,15-16,18,22H,3-4,13-14,17H2,1-2H3,(H,28,32)/t22-/m0/s1. The van der Waals surface area contributed by atoms with E-state index in [2.05, 4.69) is 58.3 Å². The van der Waals surface area contributed by atoms with Gasteiger partial charge < -0.3 is 10.2 Å². The summed E-state index contributed by atoms with van der Waals surface area (Å²) < 4.78 is 13.1. The molecular formula is C26H29FN4O. The molecule has 1 amide bonds. The second kappa shape index (κ2) is 9.90. The molecule has 1 aliphatic heterocycles. The number of carbonyl (C=O) groups excluding carboxylic acids is 1. The quantitative estimate of drug-likeness (QED) is 0.600. The summed E-state index contributed by atoms with van der Waals surface area (Å²) >= 11 is 0. The largest absolute Gasteiger partial charge is 0.352 e. The van der Waals surface area contributed by atoms with Crippen molar-refractivity contribution in [3.63, 3.8) is 0 Å². The second-order valence-electron chi connectivity index (χ2n) is 8.68. The average Bonchev–Trinajstić information content (AvgIpc) is 2.83. The molecule has 2 aromatic carbocycles. The maximum atomic E-state index is 13.1. The Kier molecular flexibility index (Phi) is 6.78. The zero-order chi connectivity index (χ0) is 22.5. The number of hydrogen-bond acceptors (Lipinski definition) is 4. The number of nitrogens with one attached hydrogen (secondary N) is 1. The zero-order valence-corrected chi connectivity index (χ0v) is 18.6. The van der Waals surface area contributed by atoms with Gasteiger partial charge in [-0.15, -0.1) is 0 Å². The molecule has 5 nitrogen and oxygen atoms in total. The van der Waals surface area contributed by atoms with E-state index in [1.54, 1.807) is 24.5 Å². The fourth-order valence-corrected chi connectivity index (χ4v) is 4.00. The van der Waals surface area contributed by atoms with Crippen molar-refractivity contribution in [1.29, 1.82) is 0 Å². The van der Waals surface area contributed by atoms with Crippen LogP contribution in [0.1, 0.15) is 43.7 Å². The Balaban J connectivity index is 1.34. The lowest BCUT2D eigenvalue weighted by molar-refractivity contribution is -0.125. The van der Waals surface area contributed by atoms with Crippen molar-refractivity contribution in [3.8, 4) is 11.1 Å². The highest BCUT2D eigenvalue weighted by atomic mass is 19.1. The summed E-state index contributed by atoms with van der Waals surface area (Å²) in [5, 5.41) is 3.09. The number of anilines is 1. The normalized spacial score (nSPS) is 16.2. The Hall–Kier alpha value is -3.28. The second-order valence-corrected chi connectivity index (χ2v) is 8.68. The van der Waals surface area contributed by atoms with Gasteiger partial charge in [0.15, 0.2) is 0 Å². The summed E-state index contributed by atoms with van der Waals surface area (Å²) in [6.07, 6.45) is 5.28. The van der Waals surface area contributed by atoms with Gasteiger partial charge in [-0.05, 0) is 47.6 Å². The van der Waals surface area contributed by atoms with E-state index in [9.17, 15) is 9.18 Å². The third kappa shape index (κ3) is 5.31. The molecule has 3 aromatic rings. The van der Waals surface area contributed by atoms with Crippen LogP contribution in [0.4, 0.5) is 10.3 Å². The maximum absolute atomic E-state index is 13.1. The third-order valence-corrected chi connectivity index (χ3v) is 6.00. The molecule has 166 valence electrons. The molecule has 0 spiro atoms. The summed E-state index contributed by atoms with van der Waals surface area (Å²) in [5.41, 5.74) is 4.11. The van der Waals surface area contributed by atoms with Gasteiger partial charge in [0.2, 0.25) is 11.9 Å². The molecule has 2 heterocycles. The summed E-state index contributed by atoms with van der Waals surface area (Å²) in [7, 11) is 0. The SMILES string of the molecule is CC(C)c1ccc(CNC(=O)[C@H]2CCCN(c3ncc(-c4ccc(F)cc4)cn3)C2)cc1. The first kappa shape index (κ1) is 21.9. The first-order valence-electron chi connectivity index (χ1n) is 11.2. The molecule has 0 unspecified atom stereocenters. The van der Waals surface area contributed by atoms with Crippen molar-refractivity contribution in [2.45, 2.75) is 39.2 Å². The van der Waals surface area contributed by atoms with Crippen molar-refractivity contribution in [2.75, 3.05) is 18.0 Å². The van der Waals surface area contributed by atoms with Gasteiger partial charge in [0, 0.05) is 37.6 Å². The first-order chi connectivity index (χ1) is 15.5. The van der Waals surface area contributed by atoms with Gasteiger partial charge in [0.25, 0.3) is 0 Å². The Labute approximate surface area is 188 Å². The molecular weight excluding hydrogens is 403 g/mol. The van der Waals surface area contributed by atoms with Crippen LogP contribution in [0.5, 0.6) is 0 Å². The van der Waals surface area contributed by atoms with E-state index in [4.69, 9.17) is 0 Å². The number of carbonyl (C=O) groups is 1. The molecule has 32 heavy (non-hydrogen) atoms. The smallest absolute Gasteiger partial charge is 0.225 e. The van der Waals surface area contributed by atoms with Crippen molar-refractivity contribution in [1.82, 2.24) is 15.3 Å². The summed E-state index contributed by atoms with van der Waals surface area (Å²) in [6.45, 7) is 6.32. The van der Waals surface area contributed by atoms with Crippen LogP contribution in [0, 0.1) is 11.7 Å². The molecule has 6 heteroatoms. The van der Waals surface area contributed by atoms with E-state index in [1.165, 1.54) is 17.7 Å². The number of halogens is 1. The number of rotatable bonds is 6. The molecule has 1 aromatic heterocycles. The first-order valence-corrected chi connectivity index (χ1v) is 11.2. The van der Waals surface area contributed by atoms with Gasteiger partial charge in [-0.3, -0.25) is 4.79 Å². The van der Waals surface area contributed by atoms with Crippen LogP contribution < -0.4 is 10.2 Å². The molecule has 0 saturated carbocycles. The Morgan fingerprint density at radius 1 is 1.06 bits per heavy atom. The van der Waals surface area contributed by atoms with Crippen LogP contribution in [-0.2, 0) is 11.3 Å². The molecule has 0 aliphatic carbocycles. The number of nitrogens with zero attached hydrogens (tertiary/aromatic N) is 3. The summed E-state index contributed by atoms with van der Waals surface area (Å²) in [6, 6.07) is 14.7. The lowest BCUT2D eigenvalue weighted by Crippen LogP contribution is -2.43. The van der Waals surface area contributed by atoms with Crippen molar-refractivity contribution < 1.29 is 9.18 Å². The molecule has 0 radical (unpaired) electrons. The predicted octanol–water partition coefficient (Wildman–Crippen LogP) is 4.94. The fraction of sp³-hybridized carbons (Fsp3) is 0.346. The third-order valence-electron chi connectivity index (χ3n) is 6.00. The van der Waals surface area contributed by atoms with E-state index in [0.717, 1.165) is 36.1 Å². The maximum Gasteiger partial charge on any atom is 0.225 e. The van der Waals surface area contributed by atoms with Gasteiger partial charge in [-0.1, -0.05) is 50.2 Å². The molecule has 1 atom stereocenters. The average molecular weight is 433 g/mol. The van der Waals surface area contributed by atoms with Crippen LogP contribution in [0.3, 0.4) is 0 Å². The minimum absolute atomic E-state index is 0.0746. The fourth-order valence-electron chi connectivity index (χ4n) is 4.00. The number of hydrogen-bond donors (Lipinski definition) is 1. The van der Waals surface area contributed by atoms with Gasteiger partial charge in [0.1, 0.15) is 5.82 Å². The number of aromatic nitrogens is 2. The van der Waals surface area contributed by atoms with Gasteiger partial charge >= 0.3 is 0 Å². The number of amides is 1. The summed E-state index contributed by atoms with van der Waals surface area (Å²) in [5.74, 6) is 0.845. The van der Waals surface area contributed by atoms with E-state index in [1.807, 2.05) is 0 Å². The van der Waals surface area contributed by atoms with Crippen molar-refractivity contribution >= 4 is 11.9 Å². The molecule has 0 bridgehead atoms. The number of benzene rings is 2. The topological polar surface area (TPSA) is 58.1 Å². The van der Waals surface area contributed by atoms with Gasteiger partial charge in [-0.2, -0.15) is 0 Å². The van der Waals surface area contributed by atoms with Crippen LogP contribution >= 0.6 is 0 Å². The number of piperidine rings is 1. The van der Waals surface area contributed by atoms with E-state index >= 15 is 0 Å². The lowest BCUT2D eigenvalue weighted by Gasteiger charge is -2.32. The van der Waals surface area contributed by atoms with E-state index in [-0.39, 0.29) is 17.6 Å². The predicted molar refractivity (Wildman–Crippen MR) is 125 cm³/mol. The molecule has 1 saturated heterocycles. The highest BCUT2D eigenvalue weighted by molar-refractivity contribution is 5.79.